The smallest absolute Gasteiger partial charge is 0.193 e. The van der Waals surface area contributed by atoms with E-state index in [1.807, 2.05) is 55.5 Å². The third-order valence-corrected chi connectivity index (χ3v) is 5.72. The molecule has 2 N–H and O–H groups in total. The van der Waals surface area contributed by atoms with Gasteiger partial charge in [-0.15, -0.1) is 0 Å². The molecule has 33 heavy (non-hydrogen) atoms. The Kier molecular flexibility index (Phi) is 6.96. The van der Waals surface area contributed by atoms with Gasteiger partial charge in [0.25, 0.3) is 0 Å². The first-order valence-electron chi connectivity index (χ1n) is 10.5. The van der Waals surface area contributed by atoms with Gasteiger partial charge in [0, 0.05) is 22.2 Å². The van der Waals surface area contributed by atoms with Crippen LogP contribution in [0.2, 0.25) is 5.02 Å². The summed E-state index contributed by atoms with van der Waals surface area (Å²) in [7, 11) is 1.56. The molecule has 0 saturated carbocycles. The molecule has 3 aromatic rings. The van der Waals surface area contributed by atoms with Gasteiger partial charge >= 0.3 is 0 Å². The SMILES string of the molecule is CCOc1c(OC)cc(Cl)cc1[C@H]1NC(=S)NC(c2ccccc2)=C1C(=O)c1ccccc1. The van der Waals surface area contributed by atoms with E-state index in [2.05, 4.69) is 10.6 Å². The minimum absolute atomic E-state index is 0.136. The van der Waals surface area contributed by atoms with Gasteiger partial charge in [-0.2, -0.15) is 0 Å². The van der Waals surface area contributed by atoms with Gasteiger partial charge in [-0.3, -0.25) is 4.79 Å². The summed E-state index contributed by atoms with van der Waals surface area (Å²) in [6.07, 6.45) is 0. The van der Waals surface area contributed by atoms with E-state index in [0.717, 1.165) is 5.56 Å². The number of ether oxygens (including phenoxy) is 2. The molecule has 0 aliphatic carbocycles. The maximum atomic E-state index is 13.9. The van der Waals surface area contributed by atoms with Crippen molar-refractivity contribution in [2.24, 2.45) is 0 Å². The largest absolute Gasteiger partial charge is 0.493 e. The molecule has 3 aromatic carbocycles. The Hall–Kier alpha value is -3.35. The Morgan fingerprint density at radius 3 is 2.36 bits per heavy atom. The van der Waals surface area contributed by atoms with Crippen molar-refractivity contribution in [3.63, 3.8) is 0 Å². The number of ketones is 1. The zero-order valence-corrected chi connectivity index (χ0v) is 19.8. The average molecular weight is 479 g/mol. The molecular formula is C26H23ClN2O3S. The highest BCUT2D eigenvalue weighted by atomic mass is 35.5. The second kappa shape index (κ2) is 10.1. The van der Waals surface area contributed by atoms with Crippen molar-refractivity contribution in [2.75, 3.05) is 13.7 Å². The molecule has 0 spiro atoms. The standard InChI is InChI=1S/C26H23ClN2O3S/c1-3-32-25-19(14-18(27)15-20(25)31-2)23-21(24(30)17-12-8-5-9-13-17)22(28-26(33)29-23)16-10-6-4-7-11-16/h4-15,23H,3H2,1-2H3,(H2,28,29,33)/t23-/m1/s1. The second-order valence-corrected chi connectivity index (χ2v) is 8.19. The number of thiocarbonyl (C=S) groups is 1. The van der Waals surface area contributed by atoms with E-state index in [-0.39, 0.29) is 5.78 Å². The maximum absolute atomic E-state index is 13.9. The number of rotatable bonds is 7. The third-order valence-electron chi connectivity index (χ3n) is 5.28. The van der Waals surface area contributed by atoms with Crippen LogP contribution < -0.4 is 20.1 Å². The Labute approximate surface area is 203 Å². The molecule has 1 atom stereocenters. The highest BCUT2D eigenvalue weighted by Crippen LogP contribution is 2.43. The quantitative estimate of drug-likeness (QED) is 0.342. The zero-order chi connectivity index (χ0) is 23.4. The minimum atomic E-state index is -0.615. The fourth-order valence-corrected chi connectivity index (χ4v) is 4.31. The van der Waals surface area contributed by atoms with Crippen molar-refractivity contribution < 1.29 is 14.3 Å². The summed E-state index contributed by atoms with van der Waals surface area (Å²) in [6.45, 7) is 2.30. The predicted octanol–water partition coefficient (Wildman–Crippen LogP) is 5.56. The van der Waals surface area contributed by atoms with Gasteiger partial charge in [-0.1, -0.05) is 72.3 Å². The molecule has 168 valence electrons. The summed E-state index contributed by atoms with van der Waals surface area (Å²) in [4.78, 5) is 13.9. The topological polar surface area (TPSA) is 59.6 Å². The average Bonchev–Trinajstić information content (AvgIpc) is 2.85. The molecule has 0 bridgehead atoms. The van der Waals surface area contributed by atoms with Gasteiger partial charge in [0.2, 0.25) is 0 Å². The molecule has 0 aromatic heterocycles. The lowest BCUT2D eigenvalue weighted by atomic mass is 9.87. The Morgan fingerprint density at radius 2 is 1.73 bits per heavy atom. The lowest BCUT2D eigenvalue weighted by Gasteiger charge is -2.33. The first kappa shape index (κ1) is 22.8. The number of carbonyl (C=O) groups excluding carboxylic acids is 1. The van der Waals surface area contributed by atoms with Gasteiger partial charge in [0.15, 0.2) is 22.4 Å². The molecule has 1 aliphatic heterocycles. The van der Waals surface area contributed by atoms with Crippen LogP contribution in [0.3, 0.4) is 0 Å². The van der Waals surface area contributed by atoms with E-state index in [1.165, 1.54) is 0 Å². The highest BCUT2D eigenvalue weighted by Gasteiger charge is 2.35. The van der Waals surface area contributed by atoms with Gasteiger partial charge in [-0.05, 0) is 30.8 Å². The van der Waals surface area contributed by atoms with Crippen molar-refractivity contribution in [3.8, 4) is 11.5 Å². The number of hydrogen-bond donors (Lipinski definition) is 2. The lowest BCUT2D eigenvalue weighted by molar-refractivity contribution is 0.102. The van der Waals surface area contributed by atoms with Crippen LogP contribution in [0.5, 0.6) is 11.5 Å². The van der Waals surface area contributed by atoms with E-state index in [1.54, 1.807) is 31.4 Å². The van der Waals surface area contributed by atoms with E-state index in [9.17, 15) is 4.79 Å². The van der Waals surface area contributed by atoms with Gasteiger partial charge in [0.05, 0.1) is 31.0 Å². The second-order valence-electron chi connectivity index (χ2n) is 7.34. The Bertz CT molecular complexity index is 1210. The zero-order valence-electron chi connectivity index (χ0n) is 18.2. The fourth-order valence-electron chi connectivity index (χ4n) is 3.87. The van der Waals surface area contributed by atoms with Gasteiger partial charge < -0.3 is 20.1 Å². The van der Waals surface area contributed by atoms with Crippen LogP contribution in [0.4, 0.5) is 0 Å². The van der Waals surface area contributed by atoms with Crippen LogP contribution in [-0.2, 0) is 0 Å². The number of halogens is 1. The summed E-state index contributed by atoms with van der Waals surface area (Å²) >= 11 is 12.0. The summed E-state index contributed by atoms with van der Waals surface area (Å²) in [5.74, 6) is 0.860. The van der Waals surface area contributed by atoms with E-state index >= 15 is 0 Å². The van der Waals surface area contributed by atoms with Crippen LogP contribution in [0.15, 0.2) is 78.4 Å². The number of benzene rings is 3. The van der Waals surface area contributed by atoms with E-state index in [4.69, 9.17) is 33.3 Å². The molecule has 0 fully saturated rings. The van der Waals surface area contributed by atoms with E-state index in [0.29, 0.717) is 50.6 Å². The van der Waals surface area contributed by atoms with Crippen LogP contribution in [0.25, 0.3) is 5.70 Å². The van der Waals surface area contributed by atoms with Crippen molar-refractivity contribution in [3.05, 3.63) is 100 Å². The van der Waals surface area contributed by atoms with Gasteiger partial charge in [-0.25, -0.2) is 0 Å². The Balaban J connectivity index is 2.00. The third kappa shape index (κ3) is 4.72. The first-order chi connectivity index (χ1) is 16.0. The summed E-state index contributed by atoms with van der Waals surface area (Å²) < 4.78 is 11.5. The summed E-state index contributed by atoms with van der Waals surface area (Å²) in [5.41, 5.74) is 3.22. The van der Waals surface area contributed by atoms with Crippen LogP contribution in [-0.4, -0.2) is 24.6 Å². The predicted molar refractivity (Wildman–Crippen MR) is 135 cm³/mol. The molecule has 0 amide bonds. The monoisotopic (exact) mass is 478 g/mol. The van der Waals surface area contributed by atoms with Crippen LogP contribution >= 0.6 is 23.8 Å². The van der Waals surface area contributed by atoms with Gasteiger partial charge in [0.1, 0.15) is 0 Å². The molecule has 4 rings (SSSR count). The minimum Gasteiger partial charge on any atom is -0.493 e. The number of nitrogens with one attached hydrogen (secondary N) is 2. The normalized spacial score (nSPS) is 15.5. The molecule has 1 aliphatic rings. The lowest BCUT2D eigenvalue weighted by Crippen LogP contribution is -2.45. The number of hydrogen-bond acceptors (Lipinski definition) is 4. The molecule has 1 heterocycles. The van der Waals surface area contributed by atoms with Crippen LogP contribution in [0, 0.1) is 0 Å². The number of carbonyl (C=O) groups is 1. The first-order valence-corrected chi connectivity index (χ1v) is 11.3. The number of methoxy groups -OCH3 is 1. The molecule has 0 unspecified atom stereocenters. The Morgan fingerprint density at radius 1 is 1.06 bits per heavy atom. The highest BCUT2D eigenvalue weighted by molar-refractivity contribution is 7.80. The summed E-state index contributed by atoms with van der Waals surface area (Å²) in [5, 5.41) is 7.32. The molecule has 7 heteroatoms. The fraction of sp³-hybridized carbons (Fsp3) is 0.154. The molecule has 0 saturated heterocycles. The van der Waals surface area contributed by atoms with Crippen molar-refractivity contribution in [1.82, 2.24) is 10.6 Å². The molecule has 5 nitrogen and oxygen atoms in total. The van der Waals surface area contributed by atoms with Crippen LogP contribution in [0.1, 0.15) is 34.5 Å². The molecular weight excluding hydrogens is 456 g/mol. The van der Waals surface area contributed by atoms with Crippen molar-refractivity contribution in [1.29, 1.82) is 0 Å². The maximum Gasteiger partial charge on any atom is 0.193 e. The van der Waals surface area contributed by atoms with E-state index < -0.39 is 6.04 Å². The summed E-state index contributed by atoms with van der Waals surface area (Å²) in [6, 6.07) is 21.6. The van der Waals surface area contributed by atoms with Crippen molar-refractivity contribution >= 4 is 40.4 Å². The number of Topliss-reactive ketones (excluding diaryl/α,β-unsaturated/α-hetero) is 1. The van der Waals surface area contributed by atoms with Crippen molar-refractivity contribution in [2.45, 2.75) is 13.0 Å². The molecule has 0 radical (unpaired) electrons.